The molecule has 0 bridgehead atoms. The summed E-state index contributed by atoms with van der Waals surface area (Å²) >= 11 is 5.93. The molecule has 2 N–H and O–H groups in total. The van der Waals surface area contributed by atoms with Crippen LogP contribution in [0.4, 0.5) is 0 Å². The molecule has 6 heteroatoms. The van der Waals surface area contributed by atoms with Crippen molar-refractivity contribution in [3.05, 3.63) is 34.9 Å². The number of ether oxygens (including phenoxy) is 1. The lowest BCUT2D eigenvalue weighted by Gasteiger charge is -2.11. The maximum atomic E-state index is 11.9. The van der Waals surface area contributed by atoms with Crippen LogP contribution in [0.15, 0.2) is 24.3 Å². The average Bonchev–Trinajstić information content (AvgIpc) is 2.31. The molecular formula is C12H18ClNO3S. The number of hydrogen-bond donors (Lipinski definition) is 1. The smallest absolute Gasteiger partial charge is 0.156 e. The molecule has 0 aliphatic heterocycles. The van der Waals surface area contributed by atoms with Gasteiger partial charge in [0.25, 0.3) is 0 Å². The topological polar surface area (TPSA) is 69.4 Å². The molecule has 0 spiro atoms. The van der Waals surface area contributed by atoms with E-state index in [9.17, 15) is 8.42 Å². The van der Waals surface area contributed by atoms with Gasteiger partial charge in [0.15, 0.2) is 9.84 Å². The lowest BCUT2D eigenvalue weighted by molar-refractivity contribution is 0.0838. The molecule has 1 unspecified atom stereocenters. The standard InChI is InChI=1S/C12H18ClNO3S/c1-10(8-14)17-6-7-18(15,16)9-11-4-2-3-5-12(11)13/h2-5,10H,6-9,14H2,1H3. The number of nitrogens with two attached hydrogens (primary N) is 1. The Balaban J connectivity index is 2.53. The van der Waals surface area contributed by atoms with Gasteiger partial charge >= 0.3 is 0 Å². The van der Waals surface area contributed by atoms with Crippen molar-refractivity contribution in [2.24, 2.45) is 5.73 Å². The van der Waals surface area contributed by atoms with Crippen LogP contribution in [0.5, 0.6) is 0 Å². The highest BCUT2D eigenvalue weighted by atomic mass is 35.5. The summed E-state index contributed by atoms with van der Waals surface area (Å²) in [5.41, 5.74) is 5.99. The van der Waals surface area contributed by atoms with E-state index in [1.165, 1.54) is 0 Å². The number of hydrogen-bond acceptors (Lipinski definition) is 4. The van der Waals surface area contributed by atoms with Crippen LogP contribution < -0.4 is 5.73 Å². The lowest BCUT2D eigenvalue weighted by atomic mass is 10.2. The van der Waals surface area contributed by atoms with E-state index in [0.29, 0.717) is 17.1 Å². The molecule has 0 fully saturated rings. The molecule has 102 valence electrons. The van der Waals surface area contributed by atoms with Crippen molar-refractivity contribution in [1.29, 1.82) is 0 Å². The van der Waals surface area contributed by atoms with Gasteiger partial charge in [-0.25, -0.2) is 8.42 Å². The van der Waals surface area contributed by atoms with E-state index in [-0.39, 0.29) is 24.2 Å². The minimum absolute atomic E-state index is 0.0252. The Labute approximate surface area is 113 Å². The lowest BCUT2D eigenvalue weighted by Crippen LogP contribution is -2.23. The normalized spacial score (nSPS) is 13.5. The van der Waals surface area contributed by atoms with E-state index in [2.05, 4.69) is 0 Å². The van der Waals surface area contributed by atoms with E-state index < -0.39 is 9.84 Å². The van der Waals surface area contributed by atoms with Crippen molar-refractivity contribution in [3.63, 3.8) is 0 Å². The Kier molecular flexibility index (Phi) is 6.08. The molecule has 1 aromatic carbocycles. The molecule has 0 saturated carbocycles. The number of rotatable bonds is 7. The summed E-state index contributed by atoms with van der Waals surface area (Å²) in [6, 6.07) is 6.93. The second-order valence-corrected chi connectivity index (χ2v) is 6.69. The van der Waals surface area contributed by atoms with Crippen LogP contribution in [0.3, 0.4) is 0 Å². The molecule has 0 amide bonds. The summed E-state index contributed by atoms with van der Waals surface area (Å²) in [4.78, 5) is 0. The molecule has 4 nitrogen and oxygen atoms in total. The van der Waals surface area contributed by atoms with E-state index in [0.717, 1.165) is 0 Å². The predicted octanol–water partition coefficient (Wildman–Crippen LogP) is 1.62. The number of halogens is 1. The van der Waals surface area contributed by atoms with Gasteiger partial charge in [-0.15, -0.1) is 0 Å². The van der Waals surface area contributed by atoms with Crippen molar-refractivity contribution in [2.75, 3.05) is 18.9 Å². The molecule has 0 heterocycles. The minimum Gasteiger partial charge on any atom is -0.376 e. The van der Waals surface area contributed by atoms with Crippen LogP contribution >= 0.6 is 11.6 Å². The van der Waals surface area contributed by atoms with Gasteiger partial charge in [-0.3, -0.25) is 0 Å². The average molecular weight is 292 g/mol. The number of benzene rings is 1. The molecule has 18 heavy (non-hydrogen) atoms. The van der Waals surface area contributed by atoms with Crippen LogP contribution in [-0.4, -0.2) is 33.4 Å². The van der Waals surface area contributed by atoms with Crippen LogP contribution in [0.1, 0.15) is 12.5 Å². The monoisotopic (exact) mass is 291 g/mol. The van der Waals surface area contributed by atoms with Crippen molar-refractivity contribution < 1.29 is 13.2 Å². The van der Waals surface area contributed by atoms with Gasteiger partial charge in [-0.05, 0) is 18.6 Å². The van der Waals surface area contributed by atoms with E-state index in [4.69, 9.17) is 22.1 Å². The van der Waals surface area contributed by atoms with Crippen molar-refractivity contribution in [1.82, 2.24) is 0 Å². The Morgan fingerprint density at radius 2 is 2.06 bits per heavy atom. The highest BCUT2D eigenvalue weighted by Gasteiger charge is 2.14. The van der Waals surface area contributed by atoms with Crippen LogP contribution in [0.25, 0.3) is 0 Å². The first-order chi connectivity index (χ1) is 8.44. The molecule has 0 radical (unpaired) electrons. The first-order valence-corrected chi connectivity index (χ1v) is 7.90. The summed E-state index contributed by atoms with van der Waals surface area (Å²) in [7, 11) is -3.21. The van der Waals surface area contributed by atoms with Gasteiger partial charge in [0.2, 0.25) is 0 Å². The van der Waals surface area contributed by atoms with E-state index in [1.807, 2.05) is 0 Å². The molecular weight excluding hydrogens is 274 g/mol. The van der Waals surface area contributed by atoms with E-state index in [1.54, 1.807) is 31.2 Å². The summed E-state index contributed by atoms with van der Waals surface area (Å²) < 4.78 is 29.0. The van der Waals surface area contributed by atoms with Gasteiger partial charge in [0, 0.05) is 11.6 Å². The summed E-state index contributed by atoms with van der Waals surface area (Å²) in [6.07, 6.45) is -0.125. The van der Waals surface area contributed by atoms with Crippen LogP contribution in [0.2, 0.25) is 5.02 Å². The maximum Gasteiger partial charge on any atom is 0.156 e. The first kappa shape index (κ1) is 15.4. The van der Waals surface area contributed by atoms with Gasteiger partial charge in [0.05, 0.1) is 24.2 Å². The molecule has 0 saturated heterocycles. The fraction of sp³-hybridized carbons (Fsp3) is 0.500. The van der Waals surface area contributed by atoms with Gasteiger partial charge < -0.3 is 10.5 Å². The van der Waals surface area contributed by atoms with Crippen LogP contribution in [-0.2, 0) is 20.3 Å². The molecule has 1 rings (SSSR count). The molecule has 0 aliphatic rings. The zero-order valence-electron chi connectivity index (χ0n) is 10.3. The second-order valence-electron chi connectivity index (χ2n) is 4.10. The minimum atomic E-state index is -3.21. The third kappa shape index (κ3) is 5.35. The third-order valence-electron chi connectivity index (χ3n) is 2.46. The Morgan fingerprint density at radius 3 is 2.67 bits per heavy atom. The van der Waals surface area contributed by atoms with Gasteiger partial charge in [0.1, 0.15) is 0 Å². The van der Waals surface area contributed by atoms with Crippen LogP contribution in [0, 0.1) is 0 Å². The summed E-state index contributed by atoms with van der Waals surface area (Å²) in [5, 5.41) is 0.470. The SMILES string of the molecule is CC(CN)OCCS(=O)(=O)Cc1ccccc1Cl. The van der Waals surface area contributed by atoms with E-state index >= 15 is 0 Å². The molecule has 0 aromatic heterocycles. The second kappa shape index (κ2) is 7.09. The highest BCUT2D eigenvalue weighted by molar-refractivity contribution is 7.90. The highest BCUT2D eigenvalue weighted by Crippen LogP contribution is 2.17. The quantitative estimate of drug-likeness (QED) is 0.829. The predicted molar refractivity (Wildman–Crippen MR) is 73.4 cm³/mol. The third-order valence-corrected chi connectivity index (χ3v) is 4.37. The number of sulfone groups is 1. The zero-order valence-corrected chi connectivity index (χ0v) is 11.9. The van der Waals surface area contributed by atoms with Gasteiger partial charge in [-0.1, -0.05) is 29.8 Å². The first-order valence-electron chi connectivity index (χ1n) is 5.70. The Morgan fingerprint density at radius 1 is 1.39 bits per heavy atom. The Bertz CT molecular complexity index is 476. The van der Waals surface area contributed by atoms with Crippen molar-refractivity contribution in [2.45, 2.75) is 18.8 Å². The molecule has 0 aliphatic carbocycles. The summed E-state index contributed by atoms with van der Waals surface area (Å²) in [5.74, 6) is -0.0877. The molecule has 1 atom stereocenters. The fourth-order valence-corrected chi connectivity index (χ4v) is 2.87. The van der Waals surface area contributed by atoms with Gasteiger partial charge in [-0.2, -0.15) is 0 Å². The largest absolute Gasteiger partial charge is 0.376 e. The van der Waals surface area contributed by atoms with Crippen molar-refractivity contribution in [3.8, 4) is 0 Å². The Hall–Kier alpha value is -0.620. The molecule has 1 aromatic rings. The maximum absolute atomic E-state index is 11.9. The zero-order chi connectivity index (χ0) is 13.6. The van der Waals surface area contributed by atoms with Crippen molar-refractivity contribution >= 4 is 21.4 Å². The summed E-state index contributed by atoms with van der Waals surface area (Å²) in [6.45, 7) is 2.34. The fourth-order valence-electron chi connectivity index (χ4n) is 1.37.